The fourth-order valence-corrected chi connectivity index (χ4v) is 2.05. The number of amides is 1. The van der Waals surface area contributed by atoms with Crippen LogP contribution in [0.3, 0.4) is 0 Å². The summed E-state index contributed by atoms with van der Waals surface area (Å²) < 4.78 is 19.0. The lowest BCUT2D eigenvalue weighted by Gasteiger charge is -2.08. The molecule has 0 heterocycles. The second kappa shape index (κ2) is 6.49. The van der Waals surface area contributed by atoms with Gasteiger partial charge in [0.05, 0.1) is 4.47 Å². The highest BCUT2D eigenvalue weighted by Gasteiger charge is 2.05. The van der Waals surface area contributed by atoms with Crippen molar-refractivity contribution in [2.45, 2.75) is 6.61 Å². The molecule has 0 fully saturated rings. The fourth-order valence-electron chi connectivity index (χ4n) is 1.59. The number of nitrogens with one attached hydrogen (secondary N) is 1. The van der Waals surface area contributed by atoms with E-state index < -0.39 is 0 Å². The number of hydrogen-bond donors (Lipinski definition) is 2. The third-order valence-corrected chi connectivity index (χ3v) is 3.26. The molecule has 6 heteroatoms. The van der Waals surface area contributed by atoms with Gasteiger partial charge in [0, 0.05) is 5.56 Å². The van der Waals surface area contributed by atoms with Gasteiger partial charge in [0.2, 0.25) is 0 Å². The Morgan fingerprint density at radius 3 is 2.55 bits per heavy atom. The normalized spacial score (nSPS) is 10.2. The lowest BCUT2D eigenvalue weighted by molar-refractivity contribution is 0.0953. The maximum atomic E-state index is 12.9. The van der Waals surface area contributed by atoms with Gasteiger partial charge in [-0.2, -0.15) is 0 Å². The molecule has 0 atom stereocenters. The zero-order chi connectivity index (χ0) is 14.5. The maximum absolute atomic E-state index is 12.9. The molecule has 0 saturated carbocycles. The molecule has 20 heavy (non-hydrogen) atoms. The molecule has 0 spiro atoms. The SMILES string of the molecule is NNC(=O)c1ccc(COc2ccc(F)cc2Br)cc1. The topological polar surface area (TPSA) is 64.3 Å². The number of benzene rings is 2. The molecule has 0 bridgehead atoms. The molecule has 104 valence electrons. The van der Waals surface area contributed by atoms with Gasteiger partial charge in [0.15, 0.2) is 0 Å². The van der Waals surface area contributed by atoms with E-state index in [1.165, 1.54) is 12.1 Å². The highest BCUT2D eigenvalue weighted by Crippen LogP contribution is 2.26. The van der Waals surface area contributed by atoms with E-state index in [1.54, 1.807) is 30.3 Å². The molecule has 0 aliphatic rings. The first-order valence-corrected chi connectivity index (χ1v) is 6.57. The van der Waals surface area contributed by atoms with Crippen molar-refractivity contribution in [3.8, 4) is 5.75 Å². The van der Waals surface area contributed by atoms with Crippen LogP contribution >= 0.6 is 15.9 Å². The van der Waals surface area contributed by atoms with Crippen LogP contribution in [0.4, 0.5) is 4.39 Å². The number of hydrazine groups is 1. The molecular weight excluding hydrogens is 327 g/mol. The van der Waals surface area contributed by atoms with Gasteiger partial charge in [0.1, 0.15) is 18.2 Å². The number of nitrogens with two attached hydrogens (primary N) is 1. The summed E-state index contributed by atoms with van der Waals surface area (Å²) in [6.07, 6.45) is 0. The van der Waals surface area contributed by atoms with Gasteiger partial charge in [-0.05, 0) is 51.8 Å². The van der Waals surface area contributed by atoms with Gasteiger partial charge in [-0.3, -0.25) is 10.2 Å². The van der Waals surface area contributed by atoms with Gasteiger partial charge < -0.3 is 4.74 Å². The Labute approximate surface area is 123 Å². The minimum atomic E-state index is -0.348. The van der Waals surface area contributed by atoms with Gasteiger partial charge in [-0.15, -0.1) is 0 Å². The minimum absolute atomic E-state index is 0.314. The molecule has 3 N–H and O–H groups in total. The summed E-state index contributed by atoms with van der Waals surface area (Å²) in [6, 6.07) is 11.1. The van der Waals surface area contributed by atoms with Gasteiger partial charge in [-0.1, -0.05) is 12.1 Å². The van der Waals surface area contributed by atoms with Crippen molar-refractivity contribution in [3.63, 3.8) is 0 Å². The Morgan fingerprint density at radius 1 is 1.25 bits per heavy atom. The monoisotopic (exact) mass is 338 g/mol. The smallest absolute Gasteiger partial charge is 0.265 e. The first-order chi connectivity index (χ1) is 9.60. The number of nitrogen functional groups attached to an aromatic ring is 1. The number of ether oxygens (including phenoxy) is 1. The predicted octanol–water partition coefficient (Wildman–Crippen LogP) is 2.77. The van der Waals surface area contributed by atoms with E-state index >= 15 is 0 Å². The highest BCUT2D eigenvalue weighted by atomic mass is 79.9. The Balaban J connectivity index is 2.02. The van der Waals surface area contributed by atoms with Crippen molar-refractivity contribution < 1.29 is 13.9 Å². The van der Waals surface area contributed by atoms with Gasteiger partial charge >= 0.3 is 0 Å². The number of halogens is 2. The average Bonchev–Trinajstić information content (AvgIpc) is 2.46. The summed E-state index contributed by atoms with van der Waals surface area (Å²) in [6.45, 7) is 0.314. The van der Waals surface area contributed by atoms with Crippen molar-refractivity contribution in [2.24, 2.45) is 5.84 Å². The number of rotatable bonds is 4. The Bertz CT molecular complexity index is 617. The van der Waals surface area contributed by atoms with E-state index in [-0.39, 0.29) is 11.7 Å². The number of carbonyl (C=O) groups excluding carboxylic acids is 1. The molecular formula is C14H12BrFN2O2. The van der Waals surface area contributed by atoms with Crippen LogP contribution in [-0.4, -0.2) is 5.91 Å². The van der Waals surface area contributed by atoms with E-state index in [1.807, 2.05) is 0 Å². The van der Waals surface area contributed by atoms with Crippen LogP contribution in [0.15, 0.2) is 46.9 Å². The van der Waals surface area contributed by atoms with E-state index in [4.69, 9.17) is 10.6 Å². The van der Waals surface area contributed by atoms with Crippen LogP contribution in [0.1, 0.15) is 15.9 Å². The Morgan fingerprint density at radius 2 is 1.95 bits per heavy atom. The van der Waals surface area contributed by atoms with Crippen LogP contribution in [0, 0.1) is 5.82 Å². The summed E-state index contributed by atoms with van der Waals surface area (Å²) in [5, 5.41) is 0. The van der Waals surface area contributed by atoms with Crippen LogP contribution in [0.2, 0.25) is 0 Å². The Kier molecular flexibility index (Phi) is 4.70. The Hall–Kier alpha value is -1.92. The second-order valence-corrected chi connectivity index (χ2v) is 4.89. The average molecular weight is 339 g/mol. The number of hydrogen-bond acceptors (Lipinski definition) is 3. The first-order valence-electron chi connectivity index (χ1n) is 5.78. The van der Waals surface area contributed by atoms with E-state index in [9.17, 15) is 9.18 Å². The molecule has 2 rings (SSSR count). The molecule has 0 radical (unpaired) electrons. The summed E-state index contributed by atoms with van der Waals surface area (Å²) in [5.41, 5.74) is 3.41. The fraction of sp³-hybridized carbons (Fsp3) is 0.0714. The standard InChI is InChI=1S/C14H12BrFN2O2/c15-12-7-11(16)5-6-13(12)20-8-9-1-3-10(4-2-9)14(19)18-17/h1-7H,8,17H2,(H,18,19). The third kappa shape index (κ3) is 3.55. The second-order valence-electron chi connectivity index (χ2n) is 4.03. The van der Waals surface area contributed by atoms with Crippen LogP contribution in [0.5, 0.6) is 5.75 Å². The van der Waals surface area contributed by atoms with Crippen LogP contribution in [0.25, 0.3) is 0 Å². The lowest BCUT2D eigenvalue weighted by atomic mass is 10.1. The third-order valence-electron chi connectivity index (χ3n) is 2.64. The van der Waals surface area contributed by atoms with E-state index in [0.717, 1.165) is 5.56 Å². The maximum Gasteiger partial charge on any atom is 0.265 e. The summed E-state index contributed by atoms with van der Waals surface area (Å²) >= 11 is 3.23. The zero-order valence-electron chi connectivity index (χ0n) is 10.4. The lowest BCUT2D eigenvalue weighted by Crippen LogP contribution is -2.29. The van der Waals surface area contributed by atoms with Gasteiger partial charge in [-0.25, -0.2) is 10.2 Å². The van der Waals surface area contributed by atoms with Crippen molar-refractivity contribution in [3.05, 3.63) is 63.9 Å². The molecule has 2 aromatic rings. The molecule has 0 aromatic heterocycles. The quantitative estimate of drug-likeness (QED) is 0.511. The van der Waals surface area contributed by atoms with E-state index in [0.29, 0.717) is 22.4 Å². The molecule has 0 saturated heterocycles. The summed E-state index contributed by atoms with van der Waals surface area (Å²) in [4.78, 5) is 11.3. The molecule has 0 aliphatic carbocycles. The van der Waals surface area contributed by atoms with Crippen molar-refractivity contribution in [1.29, 1.82) is 0 Å². The predicted molar refractivity (Wildman–Crippen MR) is 76.5 cm³/mol. The zero-order valence-corrected chi connectivity index (χ0v) is 12.0. The van der Waals surface area contributed by atoms with E-state index in [2.05, 4.69) is 21.4 Å². The minimum Gasteiger partial charge on any atom is -0.488 e. The van der Waals surface area contributed by atoms with Crippen molar-refractivity contribution in [2.75, 3.05) is 0 Å². The van der Waals surface area contributed by atoms with Gasteiger partial charge in [0.25, 0.3) is 5.91 Å². The molecule has 0 aliphatic heterocycles. The summed E-state index contributed by atoms with van der Waals surface area (Å²) in [7, 11) is 0. The molecule has 2 aromatic carbocycles. The first kappa shape index (κ1) is 14.5. The number of carbonyl (C=O) groups is 1. The van der Waals surface area contributed by atoms with Crippen molar-refractivity contribution >= 4 is 21.8 Å². The molecule has 4 nitrogen and oxygen atoms in total. The largest absolute Gasteiger partial charge is 0.488 e. The van der Waals surface area contributed by atoms with Crippen LogP contribution < -0.4 is 16.0 Å². The highest BCUT2D eigenvalue weighted by molar-refractivity contribution is 9.10. The van der Waals surface area contributed by atoms with Crippen molar-refractivity contribution in [1.82, 2.24) is 5.43 Å². The molecule has 0 unspecified atom stereocenters. The molecule has 1 amide bonds. The summed E-state index contributed by atoms with van der Waals surface area (Å²) in [5.74, 6) is 4.92. The van der Waals surface area contributed by atoms with Crippen LogP contribution in [-0.2, 0) is 6.61 Å².